The number of rotatable bonds is 10. The quantitative estimate of drug-likeness (QED) is 0.486. The Labute approximate surface area is 209 Å². The average Bonchev–Trinajstić information content (AvgIpc) is 2.75. The minimum Gasteiger partial charge on any atom is -0.352 e. The fourth-order valence-electron chi connectivity index (χ4n) is 3.18. The van der Waals surface area contributed by atoms with Crippen LogP contribution in [0.2, 0.25) is 0 Å². The van der Waals surface area contributed by atoms with Crippen LogP contribution in [-0.2, 0) is 26.3 Å². The van der Waals surface area contributed by atoms with Gasteiger partial charge in [0.1, 0.15) is 18.4 Å². The molecule has 8 nitrogen and oxygen atoms in total. The van der Waals surface area contributed by atoms with E-state index in [1.165, 1.54) is 37.2 Å². The highest BCUT2D eigenvalue weighted by Crippen LogP contribution is 2.24. The second-order valence-corrected chi connectivity index (χ2v) is 11.2. The van der Waals surface area contributed by atoms with E-state index in [2.05, 4.69) is 21.2 Å². The van der Waals surface area contributed by atoms with Crippen LogP contribution < -0.4 is 9.62 Å². The summed E-state index contributed by atoms with van der Waals surface area (Å²) in [5, 5.41) is 2.78. The Morgan fingerprint density at radius 1 is 1.06 bits per heavy atom. The maximum Gasteiger partial charge on any atom is 0.304 e. The van der Waals surface area contributed by atoms with Crippen LogP contribution in [0.4, 0.5) is 10.1 Å². The van der Waals surface area contributed by atoms with Crippen LogP contribution in [-0.4, -0.2) is 62.2 Å². The zero-order valence-corrected chi connectivity index (χ0v) is 22.2. The summed E-state index contributed by atoms with van der Waals surface area (Å²) in [6.45, 7) is 4.54. The number of para-hydroxylation sites is 1. The zero-order valence-electron chi connectivity index (χ0n) is 19.8. The van der Waals surface area contributed by atoms with Crippen molar-refractivity contribution in [3.63, 3.8) is 0 Å². The molecule has 0 saturated carbocycles. The molecule has 2 aromatic rings. The van der Waals surface area contributed by atoms with Crippen molar-refractivity contribution in [2.45, 2.75) is 39.4 Å². The maximum absolute atomic E-state index is 14.6. The Hall–Kier alpha value is -2.50. The lowest BCUT2D eigenvalue weighted by Crippen LogP contribution is -2.53. The molecule has 0 unspecified atom stereocenters. The zero-order chi connectivity index (χ0) is 25.6. The van der Waals surface area contributed by atoms with Crippen molar-refractivity contribution < 1.29 is 22.4 Å². The second kappa shape index (κ2) is 11.8. The lowest BCUT2D eigenvalue weighted by molar-refractivity contribution is -0.139. The van der Waals surface area contributed by atoms with Gasteiger partial charge in [-0.1, -0.05) is 40.2 Å². The maximum atomic E-state index is 14.6. The van der Waals surface area contributed by atoms with E-state index in [-0.39, 0.29) is 24.2 Å². The predicted octanol–water partition coefficient (Wildman–Crippen LogP) is 3.14. The summed E-state index contributed by atoms with van der Waals surface area (Å²) in [5.41, 5.74) is 0.478. The Balaban J connectivity index is 2.48. The number of carbonyl (C=O) groups excluding carboxylic acids is 2. The van der Waals surface area contributed by atoms with Crippen LogP contribution in [0.25, 0.3) is 0 Å². The van der Waals surface area contributed by atoms with E-state index < -0.39 is 34.5 Å². The molecule has 0 fully saturated rings. The standard InChI is InChI=1S/C23H30BrFN4O4S/c1-16(2)26-23(31)17(3)28(14-18-9-8-10-19(24)13-18)22(30)15-29(34(32,33)27(4)5)21-12-7-6-11-20(21)25/h6-13,16-17H,14-15H2,1-5H3,(H,26,31)/t17-/m0/s1. The summed E-state index contributed by atoms with van der Waals surface area (Å²) < 4.78 is 43.0. The summed E-state index contributed by atoms with van der Waals surface area (Å²) in [5.74, 6) is -1.82. The number of carbonyl (C=O) groups is 2. The number of hydrogen-bond acceptors (Lipinski definition) is 4. The highest BCUT2D eigenvalue weighted by atomic mass is 79.9. The lowest BCUT2D eigenvalue weighted by atomic mass is 10.1. The van der Waals surface area contributed by atoms with Gasteiger partial charge in [0.15, 0.2) is 0 Å². The van der Waals surface area contributed by atoms with Crippen molar-refractivity contribution in [1.29, 1.82) is 0 Å². The van der Waals surface area contributed by atoms with Gasteiger partial charge in [-0.3, -0.25) is 9.59 Å². The van der Waals surface area contributed by atoms with Crippen molar-refractivity contribution in [3.8, 4) is 0 Å². The Morgan fingerprint density at radius 3 is 2.26 bits per heavy atom. The molecule has 1 N–H and O–H groups in total. The van der Waals surface area contributed by atoms with Gasteiger partial charge >= 0.3 is 10.2 Å². The first-order valence-corrected chi connectivity index (χ1v) is 12.8. The number of amides is 2. The third-order valence-electron chi connectivity index (χ3n) is 4.98. The van der Waals surface area contributed by atoms with Gasteiger partial charge in [-0.25, -0.2) is 8.70 Å². The van der Waals surface area contributed by atoms with Gasteiger partial charge in [0.2, 0.25) is 11.8 Å². The van der Waals surface area contributed by atoms with Gasteiger partial charge in [0, 0.05) is 31.2 Å². The van der Waals surface area contributed by atoms with Crippen molar-refractivity contribution in [2.24, 2.45) is 0 Å². The van der Waals surface area contributed by atoms with Crippen LogP contribution >= 0.6 is 15.9 Å². The lowest BCUT2D eigenvalue weighted by Gasteiger charge is -2.33. The molecule has 0 bridgehead atoms. The average molecular weight is 557 g/mol. The normalized spacial score (nSPS) is 12.5. The summed E-state index contributed by atoms with van der Waals surface area (Å²) in [6, 6.07) is 11.5. The smallest absolute Gasteiger partial charge is 0.304 e. The topological polar surface area (TPSA) is 90.0 Å². The number of halogens is 2. The van der Waals surface area contributed by atoms with Crippen LogP contribution in [0.15, 0.2) is 53.0 Å². The molecule has 0 radical (unpaired) electrons. The number of nitrogens with one attached hydrogen (secondary N) is 1. The first-order chi connectivity index (χ1) is 15.8. The summed E-state index contributed by atoms with van der Waals surface area (Å²) in [7, 11) is -1.62. The highest BCUT2D eigenvalue weighted by Gasteiger charge is 2.33. The molecule has 1 atom stereocenters. The number of anilines is 1. The highest BCUT2D eigenvalue weighted by molar-refractivity contribution is 9.10. The SMILES string of the molecule is CC(C)NC(=O)[C@H](C)N(Cc1cccc(Br)c1)C(=O)CN(c1ccccc1F)S(=O)(=O)N(C)C. The van der Waals surface area contributed by atoms with Crippen molar-refractivity contribution in [2.75, 3.05) is 24.9 Å². The Kier molecular flexibility index (Phi) is 9.60. The minimum absolute atomic E-state index is 0.0536. The molecule has 34 heavy (non-hydrogen) atoms. The summed E-state index contributed by atoms with van der Waals surface area (Å²) in [6.07, 6.45) is 0. The van der Waals surface area contributed by atoms with E-state index >= 15 is 0 Å². The van der Waals surface area contributed by atoms with Gasteiger partial charge < -0.3 is 10.2 Å². The molecule has 0 aliphatic heterocycles. The van der Waals surface area contributed by atoms with E-state index in [0.717, 1.165) is 20.4 Å². The van der Waals surface area contributed by atoms with E-state index in [4.69, 9.17) is 0 Å². The van der Waals surface area contributed by atoms with E-state index in [0.29, 0.717) is 4.31 Å². The van der Waals surface area contributed by atoms with Crippen molar-refractivity contribution in [3.05, 3.63) is 64.4 Å². The molecule has 2 aromatic carbocycles. The molecular weight excluding hydrogens is 527 g/mol. The van der Waals surface area contributed by atoms with E-state index in [9.17, 15) is 22.4 Å². The fourth-order valence-corrected chi connectivity index (χ4v) is 4.69. The molecule has 186 valence electrons. The van der Waals surface area contributed by atoms with Crippen molar-refractivity contribution in [1.82, 2.24) is 14.5 Å². The van der Waals surface area contributed by atoms with Gasteiger partial charge in [-0.15, -0.1) is 0 Å². The second-order valence-electron chi connectivity index (χ2n) is 8.24. The molecule has 2 amide bonds. The van der Waals surface area contributed by atoms with Crippen LogP contribution in [0.1, 0.15) is 26.3 Å². The fraction of sp³-hybridized carbons (Fsp3) is 0.391. The summed E-state index contributed by atoms with van der Waals surface area (Å²) in [4.78, 5) is 27.6. The third-order valence-corrected chi connectivity index (χ3v) is 7.28. The number of hydrogen-bond donors (Lipinski definition) is 1. The molecule has 2 rings (SSSR count). The van der Waals surface area contributed by atoms with Gasteiger partial charge in [-0.2, -0.15) is 12.7 Å². The van der Waals surface area contributed by atoms with E-state index in [1.807, 2.05) is 6.07 Å². The summed E-state index contributed by atoms with van der Waals surface area (Å²) >= 11 is 3.39. The van der Waals surface area contributed by atoms with Gasteiger partial charge in [-0.05, 0) is 50.6 Å². The molecule has 0 heterocycles. The molecule has 0 aliphatic carbocycles. The Bertz CT molecular complexity index is 1130. The molecular formula is C23H30BrFN4O4S. The largest absolute Gasteiger partial charge is 0.352 e. The molecule has 0 aliphatic rings. The van der Waals surface area contributed by atoms with Crippen LogP contribution in [0, 0.1) is 5.82 Å². The molecule has 0 saturated heterocycles. The van der Waals surface area contributed by atoms with Crippen LogP contribution in [0.5, 0.6) is 0 Å². The monoisotopic (exact) mass is 556 g/mol. The minimum atomic E-state index is -4.22. The number of benzene rings is 2. The van der Waals surface area contributed by atoms with Gasteiger partial charge in [0.05, 0.1) is 5.69 Å². The molecule has 11 heteroatoms. The molecule has 0 aromatic heterocycles. The number of nitrogens with zero attached hydrogens (tertiary/aromatic N) is 3. The molecule has 0 spiro atoms. The van der Waals surface area contributed by atoms with Crippen molar-refractivity contribution >= 4 is 43.6 Å². The first kappa shape index (κ1) is 27.7. The third kappa shape index (κ3) is 7.00. The predicted molar refractivity (Wildman–Crippen MR) is 134 cm³/mol. The Morgan fingerprint density at radius 2 is 1.71 bits per heavy atom. The van der Waals surface area contributed by atoms with E-state index in [1.54, 1.807) is 39.0 Å². The van der Waals surface area contributed by atoms with Gasteiger partial charge in [0.25, 0.3) is 0 Å². The first-order valence-electron chi connectivity index (χ1n) is 10.6. The van der Waals surface area contributed by atoms with Crippen LogP contribution in [0.3, 0.4) is 0 Å².